The zero-order chi connectivity index (χ0) is 10.0. The van der Waals surface area contributed by atoms with E-state index in [9.17, 15) is 0 Å². The summed E-state index contributed by atoms with van der Waals surface area (Å²) in [6, 6.07) is 10.6. The van der Waals surface area contributed by atoms with Crippen molar-refractivity contribution in [3.05, 3.63) is 30.3 Å². The quantitative estimate of drug-likeness (QED) is 0.614. The average molecular weight is 204 g/mol. The van der Waals surface area contributed by atoms with Crippen LogP contribution < -0.4 is 0 Å². The van der Waals surface area contributed by atoms with Crippen molar-refractivity contribution in [2.75, 3.05) is 12.5 Å². The first-order valence-corrected chi connectivity index (χ1v) is 7.44. The lowest BCUT2D eigenvalue weighted by Gasteiger charge is -2.24. The summed E-state index contributed by atoms with van der Waals surface area (Å²) in [4.78, 5) is 1.40. The van der Waals surface area contributed by atoms with Gasteiger partial charge in [0.05, 0.1) is 0 Å². The Hall–Kier alpha value is -0.870. The molecule has 0 aromatic heterocycles. The van der Waals surface area contributed by atoms with Gasteiger partial charge in [-0.2, -0.15) is 10.0 Å². The van der Waals surface area contributed by atoms with Gasteiger partial charge in [0.25, 0.3) is 0 Å². The van der Waals surface area contributed by atoms with Gasteiger partial charge < -0.3 is 0 Å². The molecule has 0 N–H and O–H groups in total. The minimum absolute atomic E-state index is 0.713. The van der Waals surface area contributed by atoms with Crippen molar-refractivity contribution in [3.8, 4) is 11.2 Å². The lowest BCUT2D eigenvalue weighted by Crippen LogP contribution is -1.92. The number of hydrogen-bond donors (Lipinski definition) is 0. The molecule has 0 unspecified atom stereocenters. The van der Waals surface area contributed by atoms with Crippen molar-refractivity contribution in [3.63, 3.8) is 0 Å². The Bertz CT molecular complexity index is 363. The highest BCUT2D eigenvalue weighted by molar-refractivity contribution is 8.36. The van der Waals surface area contributed by atoms with E-state index in [1.54, 1.807) is 0 Å². The second-order valence-electron chi connectivity index (χ2n) is 4.16. The van der Waals surface area contributed by atoms with Crippen molar-refractivity contribution in [1.29, 1.82) is 0 Å². The fourth-order valence-electron chi connectivity index (χ4n) is 1.28. The van der Waals surface area contributed by atoms with Crippen LogP contribution in [0.1, 0.15) is 12.8 Å². The maximum absolute atomic E-state index is 3.47. The van der Waals surface area contributed by atoms with Gasteiger partial charge in [0.2, 0.25) is 0 Å². The Morgan fingerprint density at radius 1 is 1.14 bits per heavy atom. The number of hydrogen-bond acceptors (Lipinski definition) is 0. The molecule has 1 aliphatic rings. The van der Waals surface area contributed by atoms with E-state index in [0.29, 0.717) is 5.92 Å². The third-order valence-corrected chi connectivity index (χ3v) is 4.51. The summed E-state index contributed by atoms with van der Waals surface area (Å²) in [6.45, 7) is 0. The molecule has 1 fully saturated rings. The van der Waals surface area contributed by atoms with Crippen molar-refractivity contribution in [2.45, 2.75) is 17.7 Å². The average Bonchev–Trinajstić information content (AvgIpc) is 3.00. The predicted molar refractivity (Wildman–Crippen MR) is 64.6 cm³/mol. The predicted octanol–water partition coefficient (Wildman–Crippen LogP) is 3.48. The fraction of sp³-hybridized carbons (Fsp3) is 0.385. The summed E-state index contributed by atoms with van der Waals surface area (Å²) in [5, 5.41) is 3.47. The molecule has 14 heavy (non-hydrogen) atoms. The molecule has 0 amide bonds. The highest BCUT2D eigenvalue weighted by Crippen LogP contribution is 2.48. The molecule has 0 spiro atoms. The monoisotopic (exact) mass is 204 g/mol. The maximum atomic E-state index is 3.47. The molecule has 0 nitrogen and oxygen atoms in total. The van der Waals surface area contributed by atoms with Gasteiger partial charge in [-0.05, 0) is 37.5 Å². The summed E-state index contributed by atoms with van der Waals surface area (Å²) >= 11 is 0. The maximum Gasteiger partial charge on any atom is 0.0212 e. The summed E-state index contributed by atoms with van der Waals surface area (Å²) in [5.74, 6) is 4.10. The molecule has 0 saturated heterocycles. The van der Waals surface area contributed by atoms with E-state index < -0.39 is 10.0 Å². The van der Waals surface area contributed by atoms with Gasteiger partial charge in [-0.15, -0.1) is 0 Å². The Balaban J connectivity index is 2.19. The smallest absolute Gasteiger partial charge is 0.0212 e. The van der Waals surface area contributed by atoms with Crippen LogP contribution in [0.25, 0.3) is 0 Å². The Labute approximate surface area is 88.0 Å². The van der Waals surface area contributed by atoms with Crippen LogP contribution in [-0.4, -0.2) is 12.5 Å². The van der Waals surface area contributed by atoms with Crippen LogP contribution in [-0.2, 0) is 0 Å². The van der Waals surface area contributed by atoms with E-state index in [-0.39, 0.29) is 0 Å². The molecule has 74 valence electrons. The number of rotatable bonds is 1. The molecule has 0 bridgehead atoms. The van der Waals surface area contributed by atoms with E-state index >= 15 is 0 Å². The molecule has 2 rings (SSSR count). The normalized spacial score (nSPS) is 17.0. The third kappa shape index (κ3) is 2.33. The highest BCUT2D eigenvalue weighted by atomic mass is 32.3. The van der Waals surface area contributed by atoms with Crippen LogP contribution >= 0.6 is 10.0 Å². The van der Waals surface area contributed by atoms with Crippen molar-refractivity contribution < 1.29 is 0 Å². The largest absolute Gasteiger partial charge is 0.156 e. The van der Waals surface area contributed by atoms with Crippen LogP contribution in [0.3, 0.4) is 0 Å². The van der Waals surface area contributed by atoms with Gasteiger partial charge in [0.15, 0.2) is 0 Å². The van der Waals surface area contributed by atoms with Crippen molar-refractivity contribution in [2.24, 2.45) is 5.92 Å². The molecule has 0 radical (unpaired) electrons. The van der Waals surface area contributed by atoms with Gasteiger partial charge in [-0.25, -0.2) is 0 Å². The molecule has 0 atom stereocenters. The van der Waals surface area contributed by atoms with Crippen LogP contribution in [0.15, 0.2) is 35.2 Å². The lowest BCUT2D eigenvalue weighted by atomic mass is 10.4. The zero-order valence-electron chi connectivity index (χ0n) is 8.79. The van der Waals surface area contributed by atoms with Gasteiger partial charge in [0, 0.05) is 10.8 Å². The van der Waals surface area contributed by atoms with Crippen molar-refractivity contribution >= 4 is 10.0 Å². The Morgan fingerprint density at radius 2 is 1.79 bits per heavy atom. The van der Waals surface area contributed by atoms with Gasteiger partial charge in [-0.3, -0.25) is 0 Å². The number of benzene rings is 1. The summed E-state index contributed by atoms with van der Waals surface area (Å²) < 4.78 is 0. The first-order chi connectivity index (χ1) is 6.68. The van der Waals surface area contributed by atoms with Crippen LogP contribution in [0.4, 0.5) is 0 Å². The summed E-state index contributed by atoms with van der Waals surface area (Å²) in [6.07, 6.45) is 7.18. The third-order valence-electron chi connectivity index (χ3n) is 2.43. The zero-order valence-corrected chi connectivity index (χ0v) is 9.60. The Kier molecular flexibility index (Phi) is 2.56. The molecule has 1 aliphatic carbocycles. The molecule has 0 heterocycles. The summed E-state index contributed by atoms with van der Waals surface area (Å²) in [5.41, 5.74) is 0. The van der Waals surface area contributed by atoms with Crippen LogP contribution in [0.2, 0.25) is 0 Å². The molecule has 1 aromatic carbocycles. The van der Waals surface area contributed by atoms with E-state index in [2.05, 4.69) is 54.0 Å². The minimum atomic E-state index is -0.876. The summed E-state index contributed by atoms with van der Waals surface area (Å²) in [7, 11) is -0.876. The van der Waals surface area contributed by atoms with Crippen LogP contribution in [0.5, 0.6) is 0 Å². The van der Waals surface area contributed by atoms with Gasteiger partial charge in [0.1, 0.15) is 0 Å². The van der Waals surface area contributed by atoms with E-state index in [1.807, 2.05) is 0 Å². The molecule has 0 aliphatic heterocycles. The van der Waals surface area contributed by atoms with Crippen molar-refractivity contribution in [1.82, 2.24) is 0 Å². The van der Waals surface area contributed by atoms with Crippen LogP contribution in [0, 0.1) is 17.1 Å². The lowest BCUT2D eigenvalue weighted by molar-refractivity contribution is 1.18. The molecule has 1 aromatic rings. The van der Waals surface area contributed by atoms with Gasteiger partial charge >= 0.3 is 0 Å². The van der Waals surface area contributed by atoms with E-state index in [1.165, 1.54) is 17.7 Å². The van der Waals surface area contributed by atoms with Gasteiger partial charge in [-0.1, -0.05) is 29.4 Å². The second kappa shape index (κ2) is 3.71. The standard InChI is InChI=1S/C13H16S/c1-14(2,11-10-12-8-9-12)13-6-4-3-5-7-13/h3-7,12H,8-9H2,1-2H3. The first kappa shape index (κ1) is 9.68. The molecular formula is C13H16S. The molecular weight excluding hydrogens is 188 g/mol. The highest BCUT2D eigenvalue weighted by Gasteiger charge is 2.19. The van der Waals surface area contributed by atoms with E-state index in [0.717, 1.165) is 0 Å². The molecule has 1 heteroatoms. The second-order valence-corrected chi connectivity index (χ2v) is 7.49. The topological polar surface area (TPSA) is 0 Å². The molecule has 1 saturated carbocycles. The SMILES string of the molecule is CS(C)(C#CC1CC1)c1ccccc1. The minimum Gasteiger partial charge on any atom is -0.156 e. The van der Waals surface area contributed by atoms with E-state index in [4.69, 9.17) is 0 Å². The first-order valence-electron chi connectivity index (χ1n) is 4.99. The Morgan fingerprint density at radius 3 is 2.36 bits per heavy atom. The fourth-order valence-corrected chi connectivity index (χ4v) is 2.69.